The highest BCUT2D eigenvalue weighted by molar-refractivity contribution is 5.69. The molecule has 2 heterocycles. The van der Waals surface area contributed by atoms with E-state index < -0.39 is 0 Å². The lowest BCUT2D eigenvalue weighted by atomic mass is 9.90. The first-order valence-corrected chi connectivity index (χ1v) is 12.7. The fourth-order valence-electron chi connectivity index (χ4n) is 4.80. The zero-order chi connectivity index (χ0) is 25.0. The average Bonchev–Trinajstić information content (AvgIpc) is 2.94. The molecule has 37 heavy (non-hydrogen) atoms. The fourth-order valence-corrected chi connectivity index (χ4v) is 4.80. The van der Waals surface area contributed by atoms with E-state index in [4.69, 9.17) is 0 Å². The number of fused-ring (bicyclic) bond motifs is 1. The zero-order valence-electron chi connectivity index (χ0n) is 20.8. The minimum Gasteiger partial charge on any atom is -0.340 e. The lowest BCUT2D eigenvalue weighted by Crippen LogP contribution is -2.03. The van der Waals surface area contributed by atoms with Crippen molar-refractivity contribution in [1.29, 1.82) is 0 Å². The minimum atomic E-state index is 0.697. The first-order valence-electron chi connectivity index (χ1n) is 12.7. The molecule has 0 spiro atoms. The van der Waals surface area contributed by atoms with Crippen LogP contribution in [0, 0.1) is 6.92 Å². The van der Waals surface area contributed by atoms with Crippen LogP contribution in [0.25, 0.3) is 22.5 Å². The molecule has 0 fully saturated rings. The van der Waals surface area contributed by atoms with E-state index in [1.165, 1.54) is 30.4 Å². The number of nitrogens with one attached hydrogen (secondary N) is 2. The molecule has 0 atom stereocenters. The lowest BCUT2D eigenvalue weighted by molar-refractivity contribution is 0.686. The van der Waals surface area contributed by atoms with Gasteiger partial charge in [0.25, 0.3) is 0 Å². The van der Waals surface area contributed by atoms with E-state index in [2.05, 4.69) is 49.0 Å². The highest BCUT2D eigenvalue weighted by atomic mass is 15.2. The number of benzene rings is 3. The summed E-state index contributed by atoms with van der Waals surface area (Å²) in [6, 6.07) is 30.8. The summed E-state index contributed by atoms with van der Waals surface area (Å²) in [6.07, 6.45) is 4.90. The van der Waals surface area contributed by atoms with Crippen LogP contribution in [0.2, 0.25) is 0 Å². The molecule has 0 bridgehead atoms. The SMILES string of the molecule is Cc1nc(Nc2cccc(Nc3ccc(-c4ccc5c(c4)CCCC5)nn3)c2)cc(-c2ccccc2)n1. The summed E-state index contributed by atoms with van der Waals surface area (Å²) in [7, 11) is 0. The van der Waals surface area contributed by atoms with Crippen molar-refractivity contribution in [3.8, 4) is 22.5 Å². The molecule has 3 aromatic carbocycles. The Bertz CT molecular complexity index is 1530. The average molecular weight is 485 g/mol. The maximum Gasteiger partial charge on any atom is 0.153 e. The predicted octanol–water partition coefficient (Wildman–Crippen LogP) is 7.28. The minimum absolute atomic E-state index is 0.697. The van der Waals surface area contributed by atoms with Gasteiger partial charge in [0, 0.05) is 28.6 Å². The summed E-state index contributed by atoms with van der Waals surface area (Å²) < 4.78 is 0. The Morgan fingerprint density at radius 3 is 2.14 bits per heavy atom. The van der Waals surface area contributed by atoms with Crippen molar-refractivity contribution in [2.24, 2.45) is 0 Å². The van der Waals surface area contributed by atoms with E-state index in [1.807, 2.05) is 79.7 Å². The molecule has 2 N–H and O–H groups in total. The molecule has 6 nitrogen and oxygen atoms in total. The van der Waals surface area contributed by atoms with Crippen LogP contribution in [0.5, 0.6) is 0 Å². The second kappa shape index (κ2) is 10.2. The third kappa shape index (κ3) is 5.33. The smallest absolute Gasteiger partial charge is 0.153 e. The first kappa shape index (κ1) is 22.9. The molecule has 5 aromatic rings. The van der Waals surface area contributed by atoms with E-state index in [9.17, 15) is 0 Å². The van der Waals surface area contributed by atoms with Gasteiger partial charge in [-0.05, 0) is 80.1 Å². The van der Waals surface area contributed by atoms with E-state index in [0.29, 0.717) is 11.6 Å². The molecule has 0 aliphatic heterocycles. The van der Waals surface area contributed by atoms with Gasteiger partial charge in [-0.3, -0.25) is 0 Å². The maximum atomic E-state index is 4.59. The highest BCUT2D eigenvalue weighted by Gasteiger charge is 2.11. The van der Waals surface area contributed by atoms with Crippen LogP contribution >= 0.6 is 0 Å². The molecule has 0 radical (unpaired) electrons. The zero-order valence-corrected chi connectivity index (χ0v) is 20.8. The van der Waals surface area contributed by atoms with Gasteiger partial charge in [0.05, 0.1) is 11.4 Å². The lowest BCUT2D eigenvalue weighted by Gasteiger charge is -2.16. The third-order valence-electron chi connectivity index (χ3n) is 6.62. The molecular formula is C31H28N6. The largest absolute Gasteiger partial charge is 0.340 e. The molecule has 6 rings (SSSR count). The number of rotatable bonds is 6. The Balaban J connectivity index is 1.17. The molecule has 0 saturated heterocycles. The van der Waals surface area contributed by atoms with Crippen molar-refractivity contribution in [2.45, 2.75) is 32.6 Å². The molecule has 1 aliphatic carbocycles. The van der Waals surface area contributed by atoms with Gasteiger partial charge >= 0.3 is 0 Å². The summed E-state index contributed by atoms with van der Waals surface area (Å²) in [5, 5.41) is 15.7. The van der Waals surface area contributed by atoms with Gasteiger partial charge in [-0.2, -0.15) is 0 Å². The van der Waals surface area contributed by atoms with Crippen LogP contribution in [0.4, 0.5) is 23.0 Å². The Morgan fingerprint density at radius 2 is 1.35 bits per heavy atom. The summed E-state index contributed by atoms with van der Waals surface area (Å²) in [4.78, 5) is 9.16. The first-order chi connectivity index (χ1) is 18.2. The normalized spacial score (nSPS) is 12.6. The summed E-state index contributed by atoms with van der Waals surface area (Å²) in [5.74, 6) is 2.16. The Kier molecular flexibility index (Phi) is 6.29. The number of aryl methyl sites for hydroxylation is 3. The van der Waals surface area contributed by atoms with Gasteiger partial charge in [0.1, 0.15) is 11.6 Å². The quantitative estimate of drug-likeness (QED) is 0.264. The van der Waals surface area contributed by atoms with E-state index >= 15 is 0 Å². The molecular weight excluding hydrogens is 456 g/mol. The topological polar surface area (TPSA) is 75.6 Å². The monoisotopic (exact) mass is 484 g/mol. The van der Waals surface area contributed by atoms with Crippen molar-refractivity contribution < 1.29 is 0 Å². The van der Waals surface area contributed by atoms with Crippen LogP contribution in [0.1, 0.15) is 29.8 Å². The highest BCUT2D eigenvalue weighted by Crippen LogP contribution is 2.28. The van der Waals surface area contributed by atoms with Gasteiger partial charge in [0.2, 0.25) is 0 Å². The van der Waals surface area contributed by atoms with Gasteiger partial charge in [-0.25, -0.2) is 9.97 Å². The molecule has 1 aliphatic rings. The number of anilines is 4. The number of nitrogens with zero attached hydrogens (tertiary/aromatic N) is 4. The van der Waals surface area contributed by atoms with Crippen LogP contribution in [0.15, 0.2) is 91.0 Å². The van der Waals surface area contributed by atoms with Gasteiger partial charge in [-0.15, -0.1) is 10.2 Å². The van der Waals surface area contributed by atoms with E-state index in [1.54, 1.807) is 0 Å². The van der Waals surface area contributed by atoms with Crippen molar-refractivity contribution in [1.82, 2.24) is 20.2 Å². The van der Waals surface area contributed by atoms with E-state index in [-0.39, 0.29) is 0 Å². The Labute approximate surface area is 216 Å². The summed E-state index contributed by atoms with van der Waals surface area (Å²) >= 11 is 0. The molecule has 2 aromatic heterocycles. The Hall–Kier alpha value is -4.58. The number of hydrogen-bond donors (Lipinski definition) is 2. The summed E-state index contributed by atoms with van der Waals surface area (Å²) in [5.41, 5.74) is 8.72. The maximum absolute atomic E-state index is 4.59. The number of aromatic nitrogens is 4. The standard InChI is InChI=1S/C31H28N6/c1-21-32-29(23-9-3-2-4-10-23)20-31(33-21)35-27-13-7-12-26(19-27)34-30-17-16-28(36-37-30)25-15-14-22-8-5-6-11-24(22)18-25/h2-4,7,9-10,12-20H,5-6,8,11H2,1H3,(H,34,37)(H,32,33,35). The van der Waals surface area contributed by atoms with Crippen LogP contribution in [-0.2, 0) is 12.8 Å². The van der Waals surface area contributed by atoms with Gasteiger partial charge in [0.15, 0.2) is 5.82 Å². The molecule has 0 unspecified atom stereocenters. The predicted molar refractivity (Wildman–Crippen MR) is 149 cm³/mol. The third-order valence-corrected chi connectivity index (χ3v) is 6.62. The van der Waals surface area contributed by atoms with Crippen LogP contribution in [-0.4, -0.2) is 20.2 Å². The second-order valence-electron chi connectivity index (χ2n) is 9.38. The molecule has 6 heteroatoms. The van der Waals surface area contributed by atoms with Crippen molar-refractivity contribution in [2.75, 3.05) is 10.6 Å². The van der Waals surface area contributed by atoms with Crippen LogP contribution in [0.3, 0.4) is 0 Å². The number of hydrogen-bond acceptors (Lipinski definition) is 6. The Morgan fingerprint density at radius 1 is 0.568 bits per heavy atom. The fraction of sp³-hybridized carbons (Fsp3) is 0.161. The van der Waals surface area contributed by atoms with Crippen molar-refractivity contribution in [3.05, 3.63) is 108 Å². The van der Waals surface area contributed by atoms with Crippen molar-refractivity contribution in [3.63, 3.8) is 0 Å². The summed E-state index contributed by atoms with van der Waals surface area (Å²) in [6.45, 7) is 1.90. The van der Waals surface area contributed by atoms with Crippen molar-refractivity contribution >= 4 is 23.0 Å². The molecule has 0 saturated carbocycles. The van der Waals surface area contributed by atoms with Gasteiger partial charge < -0.3 is 10.6 Å². The molecule has 0 amide bonds. The molecule has 182 valence electrons. The second-order valence-corrected chi connectivity index (χ2v) is 9.38. The van der Waals surface area contributed by atoms with Crippen LogP contribution < -0.4 is 10.6 Å². The van der Waals surface area contributed by atoms with Gasteiger partial charge in [-0.1, -0.05) is 48.5 Å². The van der Waals surface area contributed by atoms with E-state index in [0.717, 1.165) is 46.1 Å².